The first-order valence-corrected chi connectivity index (χ1v) is 11.6. The van der Waals surface area contributed by atoms with Crippen LogP contribution in [0.4, 0.5) is 0 Å². The van der Waals surface area contributed by atoms with E-state index < -0.39 is 36.1 Å². The van der Waals surface area contributed by atoms with Crippen LogP contribution in [0.15, 0.2) is 24.3 Å². The molecular formula is C23H36N4O9. The Balaban J connectivity index is 0.000000333. The summed E-state index contributed by atoms with van der Waals surface area (Å²) in [7, 11) is 0. The number of carbonyl (C=O) groups is 4. The van der Waals surface area contributed by atoms with E-state index in [9.17, 15) is 19.2 Å². The van der Waals surface area contributed by atoms with Gasteiger partial charge in [0.05, 0.1) is 6.10 Å². The average molecular weight is 513 g/mol. The zero-order valence-electron chi connectivity index (χ0n) is 20.1. The fourth-order valence-electron chi connectivity index (χ4n) is 3.21. The molecule has 0 spiro atoms. The lowest BCUT2D eigenvalue weighted by Gasteiger charge is -2.11. The molecule has 2 saturated heterocycles. The molecule has 3 rings (SSSR count). The second kappa shape index (κ2) is 15.8. The number of esters is 1. The average Bonchev–Trinajstić information content (AvgIpc) is 3.55. The molecule has 13 heteroatoms. The van der Waals surface area contributed by atoms with Crippen LogP contribution in [-0.4, -0.2) is 87.7 Å². The SMILES string of the molecule is C[C@@H](O)[C@H](N)C(=O)O.N[C@@H](Cc1ccc(OC(=O)[C@@H]2CCCN2)cc1)C(=O)O.O=C(O)[C@@H]1CCCN1. The quantitative estimate of drug-likeness (QED) is 0.153. The summed E-state index contributed by atoms with van der Waals surface area (Å²) in [6.45, 7) is 3.03. The highest BCUT2D eigenvalue weighted by molar-refractivity contribution is 5.78. The van der Waals surface area contributed by atoms with Gasteiger partial charge >= 0.3 is 23.9 Å². The van der Waals surface area contributed by atoms with Gasteiger partial charge in [-0.15, -0.1) is 0 Å². The lowest BCUT2D eigenvalue weighted by atomic mass is 10.1. The van der Waals surface area contributed by atoms with Gasteiger partial charge in [0.1, 0.15) is 29.9 Å². The summed E-state index contributed by atoms with van der Waals surface area (Å²) in [4.78, 5) is 42.4. The largest absolute Gasteiger partial charge is 0.480 e. The predicted molar refractivity (Wildman–Crippen MR) is 128 cm³/mol. The van der Waals surface area contributed by atoms with Gasteiger partial charge in [0.25, 0.3) is 0 Å². The van der Waals surface area contributed by atoms with E-state index in [1.165, 1.54) is 6.92 Å². The number of aliphatic carboxylic acids is 3. The smallest absolute Gasteiger partial charge is 0.328 e. The fraction of sp³-hybridized carbons (Fsp3) is 0.565. The zero-order valence-corrected chi connectivity index (χ0v) is 20.1. The van der Waals surface area contributed by atoms with Gasteiger partial charge in [-0.25, -0.2) is 4.79 Å². The molecule has 0 bridgehead atoms. The third-order valence-electron chi connectivity index (χ3n) is 5.42. The van der Waals surface area contributed by atoms with Gasteiger partial charge in [0.2, 0.25) is 0 Å². The summed E-state index contributed by atoms with van der Waals surface area (Å²) >= 11 is 0. The van der Waals surface area contributed by atoms with Gasteiger partial charge in [-0.2, -0.15) is 0 Å². The molecule has 0 amide bonds. The number of aliphatic hydroxyl groups excluding tert-OH is 1. The van der Waals surface area contributed by atoms with Crippen LogP contribution in [0.3, 0.4) is 0 Å². The number of aliphatic hydroxyl groups is 1. The van der Waals surface area contributed by atoms with Crippen molar-refractivity contribution in [1.29, 1.82) is 0 Å². The van der Waals surface area contributed by atoms with Crippen LogP contribution in [-0.2, 0) is 25.6 Å². The minimum Gasteiger partial charge on any atom is -0.480 e. The van der Waals surface area contributed by atoms with Gasteiger partial charge < -0.3 is 47.3 Å². The number of benzene rings is 1. The molecule has 0 aliphatic carbocycles. The predicted octanol–water partition coefficient (Wildman–Crippen LogP) is -1.10. The van der Waals surface area contributed by atoms with Crippen molar-refractivity contribution in [3.8, 4) is 5.75 Å². The summed E-state index contributed by atoms with van der Waals surface area (Å²) in [5.74, 6) is -2.76. The molecule has 202 valence electrons. The van der Waals surface area contributed by atoms with Crippen LogP contribution < -0.4 is 26.8 Å². The molecular weight excluding hydrogens is 476 g/mol. The lowest BCUT2D eigenvalue weighted by molar-refractivity contribution is -0.141. The third-order valence-corrected chi connectivity index (χ3v) is 5.42. The Morgan fingerprint density at radius 2 is 1.47 bits per heavy atom. The van der Waals surface area contributed by atoms with Gasteiger partial charge in [-0.1, -0.05) is 12.1 Å². The summed E-state index contributed by atoms with van der Waals surface area (Å²) in [6.07, 6.45) is 2.82. The first kappa shape index (κ1) is 30.9. The van der Waals surface area contributed by atoms with Crippen LogP contribution >= 0.6 is 0 Å². The van der Waals surface area contributed by atoms with E-state index in [2.05, 4.69) is 10.6 Å². The standard InChI is InChI=1S/C14H18N2O4.C5H9NO2.C4H9NO3/c15-11(13(17)18)8-9-3-5-10(6-4-9)20-14(19)12-2-1-7-16-12;7-5(8)4-2-1-3-6-4;1-2(6)3(5)4(7)8/h3-6,11-12,16H,1-2,7-8,15H2,(H,17,18);4,6H,1-3H2,(H,7,8);2-3,6H,5H2,1H3,(H,7,8)/t11-,12-;4-;2-,3+/m001/s1. The second-order valence-corrected chi connectivity index (χ2v) is 8.45. The Morgan fingerprint density at radius 1 is 0.944 bits per heavy atom. The molecule has 10 N–H and O–H groups in total. The van der Waals surface area contributed by atoms with Crippen LogP contribution in [0.2, 0.25) is 0 Å². The number of hydrogen-bond acceptors (Lipinski definition) is 10. The van der Waals surface area contributed by atoms with Crippen LogP contribution in [0, 0.1) is 0 Å². The van der Waals surface area contributed by atoms with Crippen molar-refractivity contribution in [3.05, 3.63) is 29.8 Å². The number of nitrogens with two attached hydrogens (primary N) is 2. The fourth-order valence-corrected chi connectivity index (χ4v) is 3.21. The highest BCUT2D eigenvalue weighted by atomic mass is 16.5. The van der Waals surface area contributed by atoms with Crippen molar-refractivity contribution in [3.63, 3.8) is 0 Å². The molecule has 1 aromatic carbocycles. The minimum atomic E-state index is -1.18. The molecule has 0 radical (unpaired) electrons. The number of carboxylic acids is 3. The number of carboxylic acid groups (broad SMARTS) is 3. The Kier molecular flexibility index (Phi) is 13.6. The lowest BCUT2D eigenvalue weighted by Crippen LogP contribution is -2.39. The first-order chi connectivity index (χ1) is 16.9. The van der Waals surface area contributed by atoms with Crippen molar-refractivity contribution in [1.82, 2.24) is 10.6 Å². The number of hydrogen-bond donors (Lipinski definition) is 8. The zero-order chi connectivity index (χ0) is 27.3. The summed E-state index contributed by atoms with van der Waals surface area (Å²) < 4.78 is 5.26. The maximum absolute atomic E-state index is 11.8. The van der Waals surface area contributed by atoms with Crippen molar-refractivity contribution in [2.45, 2.75) is 69.3 Å². The Labute approximate surface area is 208 Å². The maximum atomic E-state index is 11.8. The van der Waals surface area contributed by atoms with Gasteiger partial charge in [-0.05, 0) is 69.8 Å². The highest BCUT2D eigenvalue weighted by Crippen LogP contribution is 2.16. The Morgan fingerprint density at radius 3 is 1.81 bits per heavy atom. The Hall–Kier alpha value is -3.10. The molecule has 0 saturated carbocycles. The van der Waals surface area contributed by atoms with Crippen LogP contribution in [0.1, 0.15) is 38.2 Å². The van der Waals surface area contributed by atoms with E-state index in [-0.39, 0.29) is 24.5 Å². The third kappa shape index (κ3) is 11.6. The second-order valence-electron chi connectivity index (χ2n) is 8.45. The monoisotopic (exact) mass is 512 g/mol. The van der Waals surface area contributed by atoms with Crippen molar-refractivity contribution >= 4 is 23.9 Å². The van der Waals surface area contributed by atoms with E-state index in [0.717, 1.165) is 44.3 Å². The number of ether oxygens (including phenoxy) is 1. The van der Waals surface area contributed by atoms with Crippen molar-refractivity contribution in [2.75, 3.05) is 13.1 Å². The minimum absolute atomic E-state index is 0.227. The summed E-state index contributed by atoms with van der Waals surface area (Å²) in [5, 5.41) is 39.6. The molecule has 2 aliphatic rings. The number of nitrogens with one attached hydrogen (secondary N) is 2. The molecule has 0 aromatic heterocycles. The van der Waals surface area contributed by atoms with E-state index in [1.54, 1.807) is 24.3 Å². The molecule has 1 aromatic rings. The molecule has 2 fully saturated rings. The maximum Gasteiger partial charge on any atom is 0.328 e. The number of carbonyl (C=O) groups excluding carboxylic acids is 1. The van der Waals surface area contributed by atoms with E-state index in [0.29, 0.717) is 5.75 Å². The topological polar surface area (TPSA) is 235 Å². The molecule has 36 heavy (non-hydrogen) atoms. The van der Waals surface area contributed by atoms with E-state index in [1.807, 2.05) is 0 Å². The molecule has 2 heterocycles. The highest BCUT2D eigenvalue weighted by Gasteiger charge is 2.24. The van der Waals surface area contributed by atoms with Gasteiger partial charge in [0.15, 0.2) is 0 Å². The van der Waals surface area contributed by atoms with Crippen molar-refractivity contribution in [2.24, 2.45) is 11.5 Å². The molecule has 13 nitrogen and oxygen atoms in total. The molecule has 5 atom stereocenters. The number of rotatable bonds is 8. The van der Waals surface area contributed by atoms with Crippen LogP contribution in [0.25, 0.3) is 0 Å². The first-order valence-electron chi connectivity index (χ1n) is 11.6. The summed E-state index contributed by atoms with van der Waals surface area (Å²) in [5.41, 5.74) is 11.2. The van der Waals surface area contributed by atoms with Crippen molar-refractivity contribution < 1.29 is 44.3 Å². The normalized spacial score (nSPS) is 21.0. The molecule has 0 unspecified atom stereocenters. The summed E-state index contributed by atoms with van der Waals surface area (Å²) in [6, 6.07) is 4.15. The van der Waals surface area contributed by atoms with E-state index in [4.69, 9.17) is 36.6 Å². The van der Waals surface area contributed by atoms with E-state index >= 15 is 0 Å². The van der Waals surface area contributed by atoms with Gasteiger partial charge in [0, 0.05) is 0 Å². The van der Waals surface area contributed by atoms with Crippen LogP contribution in [0.5, 0.6) is 5.75 Å². The van der Waals surface area contributed by atoms with Gasteiger partial charge in [-0.3, -0.25) is 14.4 Å². The Bertz CT molecular complexity index is 840. The molecule has 2 aliphatic heterocycles.